The van der Waals surface area contributed by atoms with Gasteiger partial charge in [0, 0.05) is 12.1 Å². The van der Waals surface area contributed by atoms with Crippen LogP contribution < -0.4 is 15.2 Å². The first-order chi connectivity index (χ1) is 15.1. The molecule has 2 aliphatic heterocycles. The van der Waals surface area contributed by atoms with E-state index in [-0.39, 0.29) is 18.5 Å². The Balaban J connectivity index is 1.41. The Kier molecular flexibility index (Phi) is 4.97. The Morgan fingerprint density at radius 2 is 1.94 bits per heavy atom. The SMILES string of the molecule is Cc1ccccc1-c1noc(=O)n1CC(=O)N1CCCC1c1ccc2c(c1)OCCO2. The number of fused-ring (bicyclic) bond motifs is 1. The number of ether oxygens (including phenoxy) is 2. The molecule has 3 aromatic rings. The van der Waals surface area contributed by atoms with Crippen LogP contribution in [0.3, 0.4) is 0 Å². The molecule has 8 heteroatoms. The molecule has 5 rings (SSSR count). The molecule has 31 heavy (non-hydrogen) atoms. The fourth-order valence-electron chi connectivity index (χ4n) is 4.33. The summed E-state index contributed by atoms with van der Waals surface area (Å²) in [5.74, 6) is 1.02. The van der Waals surface area contributed by atoms with Gasteiger partial charge in [-0.25, -0.2) is 9.36 Å². The van der Waals surface area contributed by atoms with Gasteiger partial charge in [0.2, 0.25) is 5.91 Å². The van der Waals surface area contributed by atoms with Crippen molar-refractivity contribution in [2.24, 2.45) is 0 Å². The van der Waals surface area contributed by atoms with E-state index < -0.39 is 5.76 Å². The van der Waals surface area contributed by atoms with Crippen molar-refractivity contribution in [3.8, 4) is 22.9 Å². The van der Waals surface area contributed by atoms with Crippen LogP contribution in [0.25, 0.3) is 11.4 Å². The number of nitrogens with zero attached hydrogens (tertiary/aromatic N) is 3. The van der Waals surface area contributed by atoms with Gasteiger partial charge in [0.15, 0.2) is 17.3 Å². The number of hydrogen-bond acceptors (Lipinski definition) is 6. The lowest BCUT2D eigenvalue weighted by atomic mass is 10.0. The standard InChI is InChI=1S/C23H23N3O5/c1-15-5-2-3-6-17(15)22-24-31-23(28)26(22)14-21(27)25-10-4-7-18(25)16-8-9-19-20(13-16)30-12-11-29-19/h2-3,5-6,8-9,13,18H,4,7,10-12,14H2,1H3. The van der Waals surface area contributed by atoms with Crippen LogP contribution in [0.1, 0.15) is 30.0 Å². The minimum Gasteiger partial charge on any atom is -0.486 e. The predicted octanol–water partition coefficient (Wildman–Crippen LogP) is 2.95. The fraction of sp³-hybridized carbons (Fsp3) is 0.348. The van der Waals surface area contributed by atoms with Gasteiger partial charge >= 0.3 is 5.76 Å². The Bertz CT molecular complexity index is 1180. The van der Waals surface area contributed by atoms with Crippen LogP contribution in [0.5, 0.6) is 11.5 Å². The van der Waals surface area contributed by atoms with E-state index in [4.69, 9.17) is 14.0 Å². The smallest absolute Gasteiger partial charge is 0.442 e. The predicted molar refractivity (Wildman–Crippen MR) is 112 cm³/mol. The maximum Gasteiger partial charge on any atom is 0.442 e. The molecule has 3 heterocycles. The van der Waals surface area contributed by atoms with Crippen LogP contribution in [0.2, 0.25) is 0 Å². The van der Waals surface area contributed by atoms with Gasteiger partial charge in [-0.2, -0.15) is 0 Å². The summed E-state index contributed by atoms with van der Waals surface area (Å²) in [5, 5.41) is 3.93. The van der Waals surface area contributed by atoms with Crippen molar-refractivity contribution in [2.75, 3.05) is 19.8 Å². The average molecular weight is 421 g/mol. The zero-order valence-electron chi connectivity index (χ0n) is 17.2. The summed E-state index contributed by atoms with van der Waals surface area (Å²) in [6.45, 7) is 3.50. The molecule has 160 valence electrons. The second-order valence-electron chi connectivity index (χ2n) is 7.82. The van der Waals surface area contributed by atoms with Gasteiger partial charge in [-0.1, -0.05) is 35.5 Å². The molecular formula is C23H23N3O5. The summed E-state index contributed by atoms with van der Waals surface area (Å²) in [6.07, 6.45) is 1.75. The number of carbonyl (C=O) groups is 1. The van der Waals surface area contributed by atoms with Crippen molar-refractivity contribution in [2.45, 2.75) is 32.4 Å². The highest BCUT2D eigenvalue weighted by atomic mass is 16.6. The normalized spacial score (nSPS) is 17.7. The molecule has 0 N–H and O–H groups in total. The van der Waals surface area contributed by atoms with E-state index in [0.29, 0.717) is 31.3 Å². The summed E-state index contributed by atoms with van der Waals surface area (Å²) in [5.41, 5.74) is 2.73. The Morgan fingerprint density at radius 1 is 1.13 bits per heavy atom. The van der Waals surface area contributed by atoms with Crippen LogP contribution in [0.15, 0.2) is 51.8 Å². The van der Waals surface area contributed by atoms with Gasteiger partial charge in [-0.05, 0) is 43.0 Å². The number of aromatic nitrogens is 2. The van der Waals surface area contributed by atoms with Gasteiger partial charge in [0.25, 0.3) is 0 Å². The molecule has 8 nitrogen and oxygen atoms in total. The van der Waals surface area contributed by atoms with Crippen LogP contribution in [-0.2, 0) is 11.3 Å². The number of hydrogen-bond donors (Lipinski definition) is 0. The number of aryl methyl sites for hydroxylation is 1. The quantitative estimate of drug-likeness (QED) is 0.644. The second kappa shape index (κ2) is 7.94. The van der Waals surface area contributed by atoms with Crippen molar-refractivity contribution >= 4 is 5.91 Å². The molecule has 0 bridgehead atoms. The lowest BCUT2D eigenvalue weighted by Gasteiger charge is -2.27. The molecule has 0 spiro atoms. The first-order valence-corrected chi connectivity index (χ1v) is 10.4. The molecule has 1 aromatic heterocycles. The van der Waals surface area contributed by atoms with Crippen molar-refractivity contribution < 1.29 is 18.8 Å². The summed E-state index contributed by atoms with van der Waals surface area (Å²) in [7, 11) is 0. The summed E-state index contributed by atoms with van der Waals surface area (Å²) in [4.78, 5) is 27.4. The van der Waals surface area contributed by atoms with Crippen molar-refractivity contribution in [1.82, 2.24) is 14.6 Å². The van der Waals surface area contributed by atoms with E-state index in [2.05, 4.69) is 5.16 Å². The first kappa shape index (κ1) is 19.4. The highest BCUT2D eigenvalue weighted by molar-refractivity contribution is 5.77. The number of likely N-dealkylation sites (tertiary alicyclic amines) is 1. The van der Waals surface area contributed by atoms with Gasteiger partial charge in [-0.15, -0.1) is 0 Å². The van der Waals surface area contributed by atoms with E-state index in [1.807, 2.05) is 54.3 Å². The largest absolute Gasteiger partial charge is 0.486 e. The average Bonchev–Trinajstić information content (AvgIpc) is 3.41. The topological polar surface area (TPSA) is 86.8 Å². The Labute approximate surface area is 179 Å². The van der Waals surface area contributed by atoms with Crippen molar-refractivity contribution in [1.29, 1.82) is 0 Å². The zero-order chi connectivity index (χ0) is 21.4. The van der Waals surface area contributed by atoms with E-state index in [1.165, 1.54) is 4.57 Å². The minimum atomic E-state index is -0.637. The fourth-order valence-corrected chi connectivity index (χ4v) is 4.33. The second-order valence-corrected chi connectivity index (χ2v) is 7.82. The monoisotopic (exact) mass is 421 g/mol. The maximum absolute atomic E-state index is 13.2. The van der Waals surface area contributed by atoms with Crippen LogP contribution >= 0.6 is 0 Å². The molecule has 0 aliphatic carbocycles. The Morgan fingerprint density at radius 3 is 2.77 bits per heavy atom. The third kappa shape index (κ3) is 3.58. The van der Waals surface area contributed by atoms with E-state index >= 15 is 0 Å². The van der Waals surface area contributed by atoms with Crippen molar-refractivity contribution in [3.05, 3.63) is 64.1 Å². The molecular weight excluding hydrogens is 398 g/mol. The van der Waals surface area contributed by atoms with Crippen LogP contribution in [-0.4, -0.2) is 40.3 Å². The summed E-state index contributed by atoms with van der Waals surface area (Å²) >= 11 is 0. The van der Waals surface area contributed by atoms with E-state index in [0.717, 1.165) is 35.3 Å². The first-order valence-electron chi connectivity index (χ1n) is 10.4. The summed E-state index contributed by atoms with van der Waals surface area (Å²) in [6, 6.07) is 13.3. The van der Waals surface area contributed by atoms with Gasteiger partial charge in [-0.3, -0.25) is 9.32 Å². The maximum atomic E-state index is 13.2. The van der Waals surface area contributed by atoms with Crippen LogP contribution in [0, 0.1) is 6.92 Å². The van der Waals surface area contributed by atoms with Gasteiger partial charge in [0.05, 0.1) is 6.04 Å². The van der Waals surface area contributed by atoms with Crippen molar-refractivity contribution in [3.63, 3.8) is 0 Å². The molecule has 1 unspecified atom stereocenters. The van der Waals surface area contributed by atoms with Gasteiger partial charge in [0.1, 0.15) is 19.8 Å². The Hall–Kier alpha value is -3.55. The highest BCUT2D eigenvalue weighted by Gasteiger charge is 2.32. The summed E-state index contributed by atoms with van der Waals surface area (Å²) < 4.78 is 17.5. The molecule has 2 aliphatic rings. The third-order valence-electron chi connectivity index (χ3n) is 5.89. The highest BCUT2D eigenvalue weighted by Crippen LogP contribution is 2.38. The zero-order valence-corrected chi connectivity index (χ0v) is 17.2. The van der Waals surface area contributed by atoms with E-state index in [1.54, 1.807) is 0 Å². The number of benzene rings is 2. The third-order valence-corrected chi connectivity index (χ3v) is 5.89. The number of rotatable bonds is 4. The number of amides is 1. The lowest BCUT2D eigenvalue weighted by molar-refractivity contribution is -0.132. The van der Waals surface area contributed by atoms with E-state index in [9.17, 15) is 9.59 Å². The van der Waals surface area contributed by atoms with Gasteiger partial charge < -0.3 is 14.4 Å². The molecule has 1 fully saturated rings. The van der Waals surface area contributed by atoms with Crippen LogP contribution in [0.4, 0.5) is 0 Å². The minimum absolute atomic E-state index is 0.0687. The molecule has 1 atom stereocenters. The molecule has 0 radical (unpaired) electrons. The molecule has 0 saturated carbocycles. The number of carbonyl (C=O) groups excluding carboxylic acids is 1. The molecule has 1 amide bonds. The molecule has 2 aromatic carbocycles. The molecule has 1 saturated heterocycles. The lowest BCUT2D eigenvalue weighted by Crippen LogP contribution is -2.35.